The average molecular weight is 261 g/mol. The number of halogens is 3. The number of hydrogen-bond donors (Lipinski definition) is 1. The van der Waals surface area contributed by atoms with E-state index in [1.54, 1.807) is 0 Å². The van der Waals surface area contributed by atoms with Crippen LogP contribution in [0.1, 0.15) is 0 Å². The zero-order chi connectivity index (χ0) is 7.72. The quantitative estimate of drug-likeness (QED) is 0.560. The Hall–Kier alpha value is 0.409. The minimum Gasteiger partial charge on any atom is -0.506 e. The average Bonchev–Trinajstić information content (AvgIpc) is 1.84. The van der Waals surface area contributed by atoms with Gasteiger partial charge in [0.2, 0.25) is 0 Å². The largest absolute Gasteiger partial charge is 0.506 e. The van der Waals surface area contributed by atoms with Crippen LogP contribution in [-0.2, 0) is 17.1 Å². The van der Waals surface area contributed by atoms with E-state index in [0.717, 1.165) is 0 Å². The fourth-order valence-corrected chi connectivity index (χ4v) is 1.05. The molecule has 0 bridgehead atoms. The van der Waals surface area contributed by atoms with Crippen molar-refractivity contribution in [3.05, 3.63) is 27.2 Å². The molecule has 1 aromatic rings. The molecule has 0 spiro atoms. The van der Waals surface area contributed by atoms with E-state index < -0.39 is 0 Å². The molecule has 0 amide bonds. The smallest absolute Gasteiger partial charge is 0.135 e. The predicted octanol–water partition coefficient (Wildman–Crippen LogP) is 3.35. The van der Waals surface area contributed by atoms with Crippen molar-refractivity contribution in [1.82, 2.24) is 0 Å². The van der Waals surface area contributed by atoms with Crippen molar-refractivity contribution in [3.8, 4) is 5.75 Å². The molecule has 1 nitrogen and oxygen atoms in total. The fourth-order valence-electron chi connectivity index (χ4n) is 0.512. The summed E-state index contributed by atoms with van der Waals surface area (Å²) in [5.41, 5.74) is 0. The molecule has 1 aromatic carbocycles. The van der Waals surface area contributed by atoms with Crippen molar-refractivity contribution >= 4 is 34.8 Å². The summed E-state index contributed by atoms with van der Waals surface area (Å²) in [5, 5.41) is 9.79. The van der Waals surface area contributed by atoms with Gasteiger partial charge in [0.1, 0.15) is 5.75 Å². The molecule has 0 saturated carbocycles. The Morgan fingerprint density at radius 1 is 0.909 bits per heavy atom. The van der Waals surface area contributed by atoms with Gasteiger partial charge in [-0.15, -0.1) is 0 Å². The van der Waals surface area contributed by atoms with E-state index >= 15 is 0 Å². The van der Waals surface area contributed by atoms with Crippen LogP contribution in [0.5, 0.6) is 5.75 Å². The van der Waals surface area contributed by atoms with E-state index in [9.17, 15) is 0 Å². The second-order valence-electron chi connectivity index (χ2n) is 1.72. The van der Waals surface area contributed by atoms with Crippen molar-refractivity contribution in [2.45, 2.75) is 0 Å². The molecule has 0 aliphatic rings. The molecule has 1 radical (unpaired) electrons. The number of benzene rings is 1. The van der Waals surface area contributed by atoms with Crippen molar-refractivity contribution in [2.75, 3.05) is 0 Å². The van der Waals surface area contributed by atoms with Crippen LogP contribution in [0.4, 0.5) is 0 Å². The van der Waals surface area contributed by atoms with Gasteiger partial charge in [-0.25, -0.2) is 0 Å². The summed E-state index contributed by atoms with van der Waals surface area (Å²) in [4.78, 5) is 0. The van der Waals surface area contributed by atoms with E-state index in [1.807, 2.05) is 0 Å². The first-order chi connectivity index (χ1) is 4.61. The van der Waals surface area contributed by atoms with Crippen LogP contribution in [0.15, 0.2) is 12.1 Å². The van der Waals surface area contributed by atoms with Crippen molar-refractivity contribution in [2.24, 2.45) is 0 Å². The van der Waals surface area contributed by atoms with Crippen molar-refractivity contribution in [3.63, 3.8) is 0 Å². The van der Waals surface area contributed by atoms with Crippen LogP contribution in [0.25, 0.3) is 0 Å². The zero-order valence-electron chi connectivity index (χ0n) is 5.04. The molecular weight excluding hydrogens is 258 g/mol. The van der Waals surface area contributed by atoms with Gasteiger partial charge in [0, 0.05) is 23.1 Å². The van der Waals surface area contributed by atoms with Crippen molar-refractivity contribution < 1.29 is 22.2 Å². The normalized spacial score (nSPS) is 9.00. The molecule has 0 aliphatic heterocycles. The second kappa shape index (κ2) is 4.44. The molecule has 1 N–H and O–H groups in total. The molecule has 65 valence electrons. The van der Waals surface area contributed by atoms with Gasteiger partial charge in [-0.3, -0.25) is 0 Å². The Kier molecular flexibility index (Phi) is 4.60. The minimum absolute atomic E-state index is 0. The molecule has 0 aliphatic carbocycles. The van der Waals surface area contributed by atoms with Crippen LogP contribution in [-0.4, -0.2) is 5.11 Å². The molecule has 0 aromatic heterocycles. The molecule has 0 saturated heterocycles. The molecule has 5 heteroatoms. The van der Waals surface area contributed by atoms with Gasteiger partial charge in [0.25, 0.3) is 0 Å². The Morgan fingerprint density at radius 3 is 1.82 bits per heavy atom. The topological polar surface area (TPSA) is 20.2 Å². The first kappa shape index (κ1) is 11.4. The minimum atomic E-state index is -0.0592. The molecule has 0 heterocycles. The number of hydrogen-bond acceptors (Lipinski definition) is 1. The number of rotatable bonds is 0. The van der Waals surface area contributed by atoms with Gasteiger partial charge in [0.05, 0.1) is 15.1 Å². The van der Waals surface area contributed by atoms with E-state index in [-0.39, 0.29) is 27.8 Å². The van der Waals surface area contributed by atoms with Crippen LogP contribution in [0.3, 0.4) is 0 Å². The third-order valence-electron chi connectivity index (χ3n) is 0.990. The maximum atomic E-state index is 8.95. The third-order valence-corrected chi connectivity index (χ3v) is 2.01. The van der Waals surface area contributed by atoms with Crippen LogP contribution in [0.2, 0.25) is 15.1 Å². The van der Waals surface area contributed by atoms with Crippen LogP contribution < -0.4 is 0 Å². The molecule has 0 fully saturated rings. The fraction of sp³-hybridized carbons (Fsp3) is 0. The van der Waals surface area contributed by atoms with Crippen LogP contribution in [0, 0.1) is 0 Å². The molecule has 0 unspecified atom stereocenters. The monoisotopic (exact) mass is 259 g/mol. The summed E-state index contributed by atoms with van der Waals surface area (Å²) in [6.07, 6.45) is 0. The molecule has 1 rings (SSSR count). The van der Waals surface area contributed by atoms with Gasteiger partial charge in [-0.2, -0.15) is 0 Å². The van der Waals surface area contributed by atoms with Gasteiger partial charge >= 0.3 is 0 Å². The Balaban J connectivity index is 0.000001000. The summed E-state index contributed by atoms with van der Waals surface area (Å²) in [6, 6.07) is 2.69. The second-order valence-corrected chi connectivity index (χ2v) is 2.94. The molecule has 0 atom stereocenters. The third kappa shape index (κ3) is 2.73. The maximum absolute atomic E-state index is 8.95. The molecular formula is C6H3Cl3CuO. The Morgan fingerprint density at radius 2 is 1.36 bits per heavy atom. The van der Waals surface area contributed by atoms with E-state index in [0.29, 0.717) is 10.0 Å². The zero-order valence-corrected chi connectivity index (χ0v) is 8.25. The summed E-state index contributed by atoms with van der Waals surface area (Å²) in [7, 11) is 0. The first-order valence-electron chi connectivity index (χ1n) is 2.45. The van der Waals surface area contributed by atoms with Gasteiger partial charge in [-0.05, 0) is 6.07 Å². The first-order valence-corrected chi connectivity index (χ1v) is 3.58. The number of phenols is 1. The summed E-state index contributed by atoms with van der Waals surface area (Å²) >= 11 is 16.6. The van der Waals surface area contributed by atoms with E-state index in [4.69, 9.17) is 39.9 Å². The van der Waals surface area contributed by atoms with Gasteiger partial charge in [0.15, 0.2) is 0 Å². The van der Waals surface area contributed by atoms with Gasteiger partial charge in [-0.1, -0.05) is 34.8 Å². The molecule has 11 heavy (non-hydrogen) atoms. The van der Waals surface area contributed by atoms with E-state index in [2.05, 4.69) is 0 Å². The predicted molar refractivity (Wildman–Crippen MR) is 43.1 cm³/mol. The standard InChI is InChI=1S/C6H3Cl3O.Cu/c7-3-1-5(9)6(10)2-4(3)8;/h1-2,10H;. The Labute approximate surface area is 89.7 Å². The summed E-state index contributed by atoms with van der Waals surface area (Å²) in [5.74, 6) is -0.0592. The summed E-state index contributed by atoms with van der Waals surface area (Å²) < 4.78 is 0. The van der Waals surface area contributed by atoms with E-state index in [1.165, 1.54) is 12.1 Å². The SMILES string of the molecule is Oc1cc(Cl)c(Cl)cc1Cl.[Cu]. The van der Waals surface area contributed by atoms with Gasteiger partial charge < -0.3 is 5.11 Å². The van der Waals surface area contributed by atoms with Crippen LogP contribution >= 0.6 is 34.8 Å². The van der Waals surface area contributed by atoms with Crippen molar-refractivity contribution in [1.29, 1.82) is 0 Å². The number of aromatic hydroxyl groups is 1. The summed E-state index contributed by atoms with van der Waals surface area (Å²) in [6.45, 7) is 0. The maximum Gasteiger partial charge on any atom is 0.135 e. The Bertz CT molecular complexity index is 214. The number of phenolic OH excluding ortho intramolecular Hbond substituents is 1.